The first-order valence-electron chi connectivity index (χ1n) is 11.4. The van der Waals surface area contributed by atoms with Crippen LogP contribution in [0.5, 0.6) is 0 Å². The van der Waals surface area contributed by atoms with Crippen molar-refractivity contribution in [3.05, 3.63) is 47.5 Å². The molecule has 8 nitrogen and oxygen atoms in total. The third kappa shape index (κ3) is 6.73. The highest BCUT2D eigenvalue weighted by Crippen LogP contribution is 2.32. The molecule has 0 radical (unpaired) electrons. The fourth-order valence-corrected chi connectivity index (χ4v) is 5.49. The average Bonchev–Trinajstić information content (AvgIpc) is 3.36. The Morgan fingerprint density at radius 1 is 1.03 bits per heavy atom. The van der Waals surface area contributed by atoms with Gasteiger partial charge in [-0.3, -0.25) is 9.62 Å². The predicted octanol–water partition coefficient (Wildman–Crippen LogP) is 3.36. The molecule has 0 aromatic heterocycles. The topological polar surface area (TPSA) is 85.9 Å². The Morgan fingerprint density at radius 3 is 2.44 bits per heavy atom. The van der Waals surface area contributed by atoms with E-state index in [9.17, 15) is 8.42 Å². The Bertz CT molecular complexity index is 1090. The van der Waals surface area contributed by atoms with Crippen LogP contribution in [0.15, 0.2) is 47.4 Å². The monoisotopic (exact) mass is 523 g/mol. The smallest absolute Gasteiger partial charge is 0.261 e. The van der Waals surface area contributed by atoms with E-state index in [-0.39, 0.29) is 4.90 Å². The van der Waals surface area contributed by atoms with Crippen LogP contribution in [0.3, 0.4) is 0 Å². The second kappa shape index (κ2) is 11.5. The third-order valence-corrected chi connectivity index (χ3v) is 7.76. The summed E-state index contributed by atoms with van der Waals surface area (Å²) >= 11 is 11.4. The van der Waals surface area contributed by atoms with Crippen LogP contribution in [-0.4, -0.2) is 70.9 Å². The Balaban J connectivity index is 1.47. The van der Waals surface area contributed by atoms with Crippen molar-refractivity contribution in [1.29, 1.82) is 0 Å². The molecule has 0 aliphatic carbocycles. The lowest BCUT2D eigenvalue weighted by Gasteiger charge is -2.27. The van der Waals surface area contributed by atoms with Crippen molar-refractivity contribution in [2.75, 3.05) is 67.4 Å². The molecule has 2 heterocycles. The minimum Gasteiger partial charge on any atom is -0.379 e. The van der Waals surface area contributed by atoms with Gasteiger partial charge in [-0.2, -0.15) is 0 Å². The second-order valence-electron chi connectivity index (χ2n) is 8.32. The molecule has 2 aliphatic heterocycles. The summed E-state index contributed by atoms with van der Waals surface area (Å²) in [5, 5.41) is 7.48. The minimum absolute atomic E-state index is 0.156. The van der Waals surface area contributed by atoms with Gasteiger partial charge in [0.15, 0.2) is 5.11 Å². The molecule has 3 N–H and O–H groups in total. The number of halogens is 1. The fraction of sp³-hybridized carbons (Fsp3) is 0.435. The zero-order chi connectivity index (χ0) is 24.0. The van der Waals surface area contributed by atoms with Gasteiger partial charge in [-0.1, -0.05) is 11.6 Å². The molecule has 2 saturated heterocycles. The molecule has 0 saturated carbocycles. The summed E-state index contributed by atoms with van der Waals surface area (Å²) in [4.78, 5) is 4.73. The number of thiocarbonyl (C=S) groups is 1. The van der Waals surface area contributed by atoms with Gasteiger partial charge in [0.25, 0.3) is 10.0 Å². The Labute approximate surface area is 211 Å². The number of nitrogens with zero attached hydrogens (tertiary/aromatic N) is 2. The number of hydrogen-bond acceptors (Lipinski definition) is 6. The maximum absolute atomic E-state index is 13.1. The van der Waals surface area contributed by atoms with Gasteiger partial charge in [0.1, 0.15) is 0 Å². The van der Waals surface area contributed by atoms with Gasteiger partial charge in [-0.05, 0) is 67.5 Å². The molecular formula is C23H30ClN5O3S2. The summed E-state index contributed by atoms with van der Waals surface area (Å²) in [6.07, 6.45) is 2.22. The summed E-state index contributed by atoms with van der Waals surface area (Å²) in [6.45, 7) is 6.77. The van der Waals surface area contributed by atoms with Gasteiger partial charge in [0.2, 0.25) is 0 Å². The molecule has 0 unspecified atom stereocenters. The number of sulfonamides is 1. The largest absolute Gasteiger partial charge is 0.379 e. The van der Waals surface area contributed by atoms with Crippen molar-refractivity contribution in [2.45, 2.75) is 17.7 Å². The summed E-state index contributed by atoms with van der Waals surface area (Å²) in [7, 11) is -3.79. The van der Waals surface area contributed by atoms with Crippen molar-refractivity contribution in [3.63, 3.8) is 0 Å². The Morgan fingerprint density at radius 2 is 1.74 bits per heavy atom. The first-order chi connectivity index (χ1) is 16.4. The van der Waals surface area contributed by atoms with Gasteiger partial charge in [0.05, 0.1) is 29.5 Å². The lowest BCUT2D eigenvalue weighted by Crippen LogP contribution is -2.42. The number of benzene rings is 2. The molecular weight excluding hydrogens is 494 g/mol. The highest BCUT2D eigenvalue weighted by molar-refractivity contribution is 7.92. The van der Waals surface area contributed by atoms with Crippen LogP contribution in [0.4, 0.5) is 17.1 Å². The molecule has 0 bridgehead atoms. The van der Waals surface area contributed by atoms with Gasteiger partial charge in [-0.15, -0.1) is 0 Å². The molecule has 2 aromatic rings. The standard InChI is InChI=1S/C23H30ClN5O3S2/c24-18-3-5-19(6-4-18)27-34(30,31)20-7-8-22(29-10-1-2-11-29)21(17-20)26-23(33)25-9-12-28-13-15-32-16-14-28/h3-8,17,27H,1-2,9-16H2,(H2,25,26,33). The van der Waals surface area contributed by atoms with E-state index in [1.54, 1.807) is 36.4 Å². The summed E-state index contributed by atoms with van der Waals surface area (Å²) in [6, 6.07) is 11.7. The Kier molecular flexibility index (Phi) is 8.49. The van der Waals surface area contributed by atoms with E-state index in [0.29, 0.717) is 28.1 Å². The van der Waals surface area contributed by atoms with Gasteiger partial charge >= 0.3 is 0 Å². The minimum atomic E-state index is -3.79. The molecule has 4 rings (SSSR count). The highest BCUT2D eigenvalue weighted by Gasteiger charge is 2.21. The molecule has 0 amide bonds. The van der Waals surface area contributed by atoms with Crippen LogP contribution in [-0.2, 0) is 14.8 Å². The van der Waals surface area contributed by atoms with E-state index in [4.69, 9.17) is 28.6 Å². The molecule has 0 spiro atoms. The summed E-state index contributed by atoms with van der Waals surface area (Å²) < 4.78 is 34.1. The number of ether oxygens (including phenoxy) is 1. The van der Waals surface area contributed by atoms with Gasteiger partial charge in [0, 0.05) is 50.0 Å². The molecule has 2 aromatic carbocycles. The third-order valence-electron chi connectivity index (χ3n) is 5.89. The van der Waals surface area contributed by atoms with Crippen LogP contribution in [0.25, 0.3) is 0 Å². The highest BCUT2D eigenvalue weighted by atomic mass is 35.5. The fourth-order valence-electron chi connectivity index (χ4n) is 4.07. The lowest BCUT2D eigenvalue weighted by atomic mass is 10.2. The number of rotatable bonds is 8. The van der Waals surface area contributed by atoms with Gasteiger partial charge in [-0.25, -0.2) is 8.42 Å². The van der Waals surface area contributed by atoms with Crippen molar-refractivity contribution in [2.24, 2.45) is 0 Å². The quantitative estimate of drug-likeness (QED) is 0.454. The molecule has 2 aliphatic rings. The van der Waals surface area contributed by atoms with Crippen LogP contribution in [0.1, 0.15) is 12.8 Å². The number of hydrogen-bond donors (Lipinski definition) is 3. The average molecular weight is 524 g/mol. The maximum Gasteiger partial charge on any atom is 0.261 e. The number of morpholine rings is 1. The van der Waals surface area contributed by atoms with Crippen LogP contribution >= 0.6 is 23.8 Å². The Hall–Kier alpha value is -2.11. The SMILES string of the molecule is O=S(=O)(Nc1ccc(Cl)cc1)c1ccc(N2CCCC2)c(NC(=S)NCCN2CCOCC2)c1. The molecule has 2 fully saturated rings. The zero-order valence-electron chi connectivity index (χ0n) is 18.9. The summed E-state index contributed by atoms with van der Waals surface area (Å²) in [5.41, 5.74) is 2.06. The van der Waals surface area contributed by atoms with Crippen LogP contribution in [0, 0.1) is 0 Å². The summed E-state index contributed by atoms with van der Waals surface area (Å²) in [5.74, 6) is 0. The predicted molar refractivity (Wildman–Crippen MR) is 142 cm³/mol. The second-order valence-corrected chi connectivity index (χ2v) is 10.8. The van der Waals surface area contributed by atoms with E-state index >= 15 is 0 Å². The number of nitrogens with one attached hydrogen (secondary N) is 3. The first kappa shape index (κ1) is 25.0. The van der Waals surface area contributed by atoms with E-state index in [2.05, 4.69) is 25.2 Å². The molecule has 34 heavy (non-hydrogen) atoms. The normalized spacial score (nSPS) is 16.9. The lowest BCUT2D eigenvalue weighted by molar-refractivity contribution is 0.0389. The van der Waals surface area contributed by atoms with E-state index < -0.39 is 10.0 Å². The first-order valence-corrected chi connectivity index (χ1v) is 13.7. The van der Waals surface area contributed by atoms with Crippen molar-refractivity contribution in [1.82, 2.24) is 10.2 Å². The van der Waals surface area contributed by atoms with E-state index in [1.165, 1.54) is 0 Å². The van der Waals surface area contributed by atoms with Crippen molar-refractivity contribution >= 4 is 56.0 Å². The van der Waals surface area contributed by atoms with E-state index in [0.717, 1.165) is 64.5 Å². The molecule has 184 valence electrons. The van der Waals surface area contributed by atoms with Gasteiger partial charge < -0.3 is 20.3 Å². The maximum atomic E-state index is 13.1. The molecule has 11 heteroatoms. The van der Waals surface area contributed by atoms with Crippen molar-refractivity contribution in [3.8, 4) is 0 Å². The van der Waals surface area contributed by atoms with Crippen LogP contribution < -0.4 is 20.3 Å². The number of anilines is 3. The van der Waals surface area contributed by atoms with E-state index in [1.807, 2.05) is 6.07 Å². The molecule has 0 atom stereocenters. The van der Waals surface area contributed by atoms with Crippen LogP contribution in [0.2, 0.25) is 5.02 Å². The van der Waals surface area contributed by atoms with Crippen molar-refractivity contribution < 1.29 is 13.2 Å². The zero-order valence-corrected chi connectivity index (χ0v) is 21.3.